The van der Waals surface area contributed by atoms with E-state index >= 15 is 0 Å². The minimum atomic E-state index is -1.000. The first-order valence-electron chi connectivity index (χ1n) is 6.19. The molecule has 0 aliphatic carbocycles. The van der Waals surface area contributed by atoms with Crippen LogP contribution >= 0.6 is 11.6 Å². The fourth-order valence-corrected chi connectivity index (χ4v) is 2.11. The topological polar surface area (TPSA) is 57.6 Å². The van der Waals surface area contributed by atoms with Gasteiger partial charge < -0.3 is 10.0 Å². The van der Waals surface area contributed by atoms with Gasteiger partial charge in [-0.05, 0) is 25.0 Å². The fourth-order valence-electron chi connectivity index (χ4n) is 1.90. The third-order valence-corrected chi connectivity index (χ3v) is 3.29. The Morgan fingerprint density at radius 3 is 2.53 bits per heavy atom. The Balaban J connectivity index is 2.71. The second kappa shape index (κ2) is 7.14. The Kier molecular flexibility index (Phi) is 5.83. The van der Waals surface area contributed by atoms with E-state index in [4.69, 9.17) is 16.7 Å². The number of aliphatic carboxylic acids is 1. The zero-order chi connectivity index (χ0) is 14.4. The molecule has 4 nitrogen and oxygen atoms in total. The first kappa shape index (κ1) is 15.5. The molecule has 1 aromatic carbocycles. The largest absolute Gasteiger partial charge is 0.480 e. The number of hydrogen-bond acceptors (Lipinski definition) is 2. The van der Waals surface area contributed by atoms with Crippen LogP contribution in [0.15, 0.2) is 24.3 Å². The fraction of sp³-hybridized carbons (Fsp3) is 0.429. The summed E-state index contributed by atoms with van der Waals surface area (Å²) >= 11 is 6.05. The van der Waals surface area contributed by atoms with Gasteiger partial charge in [-0.25, -0.2) is 0 Å². The van der Waals surface area contributed by atoms with Gasteiger partial charge in [0.2, 0.25) is 5.91 Å². The van der Waals surface area contributed by atoms with E-state index in [9.17, 15) is 9.59 Å². The highest BCUT2D eigenvalue weighted by Crippen LogP contribution is 2.19. The first-order valence-corrected chi connectivity index (χ1v) is 6.57. The number of carboxylic acid groups (broad SMARTS) is 1. The number of hydrogen-bond donors (Lipinski definition) is 1. The van der Waals surface area contributed by atoms with Crippen LogP contribution in [0.4, 0.5) is 0 Å². The van der Waals surface area contributed by atoms with Crippen molar-refractivity contribution in [3.8, 4) is 0 Å². The maximum Gasteiger partial charge on any atom is 0.323 e. The molecule has 1 aromatic rings. The summed E-state index contributed by atoms with van der Waals surface area (Å²) in [5.74, 6) is -1.45. The summed E-state index contributed by atoms with van der Waals surface area (Å²) in [5.41, 5.74) is 0.899. The maximum atomic E-state index is 12.1. The monoisotopic (exact) mass is 283 g/mol. The number of nitrogens with zero attached hydrogens (tertiary/aromatic N) is 1. The lowest BCUT2D eigenvalue weighted by molar-refractivity contribution is -0.145. The van der Waals surface area contributed by atoms with Crippen LogP contribution in [0, 0.1) is 5.92 Å². The first-order chi connectivity index (χ1) is 8.95. The molecule has 1 atom stereocenters. The predicted molar refractivity (Wildman–Crippen MR) is 74.2 cm³/mol. The SMILES string of the molecule is CCN(CC(=O)O)C(=O)C(C)Cc1ccccc1Cl. The molecule has 0 heterocycles. The molecule has 0 spiro atoms. The maximum absolute atomic E-state index is 12.1. The zero-order valence-electron chi connectivity index (χ0n) is 11.1. The Bertz CT molecular complexity index is 462. The van der Waals surface area contributed by atoms with E-state index in [0.717, 1.165) is 5.56 Å². The van der Waals surface area contributed by atoms with Crippen LogP contribution < -0.4 is 0 Å². The highest BCUT2D eigenvalue weighted by Gasteiger charge is 2.21. The predicted octanol–water partition coefficient (Wildman–Crippen LogP) is 2.45. The molecular weight excluding hydrogens is 266 g/mol. The number of likely N-dealkylation sites (N-methyl/N-ethyl adjacent to an activating group) is 1. The van der Waals surface area contributed by atoms with Crippen molar-refractivity contribution in [3.63, 3.8) is 0 Å². The van der Waals surface area contributed by atoms with Crippen molar-refractivity contribution < 1.29 is 14.7 Å². The summed E-state index contributed by atoms with van der Waals surface area (Å²) in [5, 5.41) is 9.39. The summed E-state index contributed by atoms with van der Waals surface area (Å²) in [6.07, 6.45) is 0.509. The van der Waals surface area contributed by atoms with Crippen LogP contribution in [0.2, 0.25) is 5.02 Å². The normalized spacial score (nSPS) is 11.9. The van der Waals surface area contributed by atoms with Crippen molar-refractivity contribution in [2.45, 2.75) is 20.3 Å². The van der Waals surface area contributed by atoms with Crippen molar-refractivity contribution in [1.82, 2.24) is 4.90 Å². The van der Waals surface area contributed by atoms with Gasteiger partial charge in [-0.15, -0.1) is 0 Å². The standard InChI is InChI=1S/C14H18ClNO3/c1-3-16(9-13(17)18)14(19)10(2)8-11-6-4-5-7-12(11)15/h4-7,10H,3,8-9H2,1-2H3,(H,17,18). The number of amides is 1. The van der Waals surface area contributed by atoms with Crippen LogP contribution in [0.5, 0.6) is 0 Å². The van der Waals surface area contributed by atoms with Gasteiger partial charge in [0.1, 0.15) is 6.54 Å². The number of carbonyl (C=O) groups is 2. The molecule has 0 bridgehead atoms. The molecule has 0 saturated heterocycles. The highest BCUT2D eigenvalue weighted by atomic mass is 35.5. The van der Waals surface area contributed by atoms with Crippen LogP contribution in [0.3, 0.4) is 0 Å². The molecule has 0 aliphatic heterocycles. The second-order valence-electron chi connectivity index (χ2n) is 4.44. The van der Waals surface area contributed by atoms with Gasteiger partial charge in [0.05, 0.1) is 0 Å². The number of rotatable bonds is 6. The van der Waals surface area contributed by atoms with Crippen LogP contribution in [0.25, 0.3) is 0 Å². The summed E-state index contributed by atoms with van der Waals surface area (Å²) in [6.45, 7) is 3.68. The lowest BCUT2D eigenvalue weighted by atomic mass is 9.99. The van der Waals surface area contributed by atoms with E-state index in [2.05, 4.69) is 0 Å². The summed E-state index contributed by atoms with van der Waals surface area (Å²) < 4.78 is 0. The van der Waals surface area contributed by atoms with Gasteiger partial charge in [-0.2, -0.15) is 0 Å². The lowest BCUT2D eigenvalue weighted by Gasteiger charge is -2.22. The molecule has 19 heavy (non-hydrogen) atoms. The summed E-state index contributed by atoms with van der Waals surface area (Å²) in [7, 11) is 0. The molecular formula is C14H18ClNO3. The third-order valence-electron chi connectivity index (χ3n) is 2.93. The molecule has 1 unspecified atom stereocenters. The Hall–Kier alpha value is -1.55. The molecule has 1 amide bonds. The van der Waals surface area contributed by atoms with Crippen molar-refractivity contribution in [2.24, 2.45) is 5.92 Å². The third kappa shape index (κ3) is 4.56. The molecule has 0 aromatic heterocycles. The van der Waals surface area contributed by atoms with E-state index < -0.39 is 5.97 Å². The quantitative estimate of drug-likeness (QED) is 0.872. The van der Waals surface area contributed by atoms with Crippen LogP contribution in [-0.4, -0.2) is 35.0 Å². The van der Waals surface area contributed by atoms with Crippen molar-refractivity contribution in [3.05, 3.63) is 34.9 Å². The minimum Gasteiger partial charge on any atom is -0.480 e. The van der Waals surface area contributed by atoms with Gasteiger partial charge >= 0.3 is 5.97 Å². The van der Waals surface area contributed by atoms with E-state index in [1.54, 1.807) is 19.9 Å². The van der Waals surface area contributed by atoms with Crippen molar-refractivity contribution >= 4 is 23.5 Å². The van der Waals surface area contributed by atoms with Crippen molar-refractivity contribution in [2.75, 3.05) is 13.1 Å². The smallest absolute Gasteiger partial charge is 0.323 e. The minimum absolute atomic E-state index is 0.162. The number of benzene rings is 1. The van der Waals surface area contributed by atoms with E-state index in [1.807, 2.05) is 18.2 Å². The Morgan fingerprint density at radius 1 is 1.37 bits per heavy atom. The van der Waals surface area contributed by atoms with Crippen molar-refractivity contribution in [1.29, 1.82) is 0 Å². The Morgan fingerprint density at radius 2 is 2.00 bits per heavy atom. The summed E-state index contributed by atoms with van der Waals surface area (Å²) in [4.78, 5) is 24.2. The number of carbonyl (C=O) groups excluding carboxylic acids is 1. The van der Waals surface area contributed by atoms with E-state index in [0.29, 0.717) is 18.0 Å². The molecule has 0 fully saturated rings. The molecule has 0 aliphatic rings. The average molecular weight is 284 g/mol. The molecule has 0 saturated carbocycles. The molecule has 1 N–H and O–H groups in total. The van der Waals surface area contributed by atoms with Gasteiger partial charge in [0, 0.05) is 17.5 Å². The second-order valence-corrected chi connectivity index (χ2v) is 4.85. The van der Waals surface area contributed by atoms with E-state index in [1.165, 1.54) is 4.90 Å². The lowest BCUT2D eigenvalue weighted by Crippen LogP contribution is -2.39. The van der Waals surface area contributed by atoms with E-state index in [-0.39, 0.29) is 18.4 Å². The van der Waals surface area contributed by atoms with Gasteiger partial charge in [-0.1, -0.05) is 36.7 Å². The van der Waals surface area contributed by atoms with Crippen LogP contribution in [-0.2, 0) is 16.0 Å². The number of halogens is 1. The summed E-state index contributed by atoms with van der Waals surface area (Å²) in [6, 6.07) is 7.36. The molecule has 1 rings (SSSR count). The van der Waals surface area contributed by atoms with Crippen LogP contribution in [0.1, 0.15) is 19.4 Å². The number of carboxylic acids is 1. The Labute approximate surface area is 118 Å². The molecule has 104 valence electrons. The highest BCUT2D eigenvalue weighted by molar-refractivity contribution is 6.31. The average Bonchev–Trinajstić information content (AvgIpc) is 2.37. The zero-order valence-corrected chi connectivity index (χ0v) is 11.9. The van der Waals surface area contributed by atoms with Gasteiger partial charge in [0.25, 0.3) is 0 Å². The molecule has 5 heteroatoms. The van der Waals surface area contributed by atoms with Gasteiger partial charge in [-0.3, -0.25) is 9.59 Å². The molecule has 0 radical (unpaired) electrons. The van der Waals surface area contributed by atoms with Gasteiger partial charge in [0.15, 0.2) is 0 Å².